The van der Waals surface area contributed by atoms with Crippen LogP contribution < -0.4 is 4.74 Å². The van der Waals surface area contributed by atoms with E-state index < -0.39 is 6.61 Å². The van der Waals surface area contributed by atoms with E-state index in [0.29, 0.717) is 3.95 Å². The Morgan fingerprint density at radius 3 is 2.44 bits per heavy atom. The van der Waals surface area contributed by atoms with Crippen LogP contribution in [0, 0.1) is 3.95 Å². The second-order valence-corrected chi connectivity index (χ2v) is 8.30. The van der Waals surface area contributed by atoms with E-state index in [1.807, 2.05) is 37.3 Å². The van der Waals surface area contributed by atoms with Crippen molar-refractivity contribution in [3.63, 3.8) is 0 Å². The molecule has 3 rings (SSSR count). The summed E-state index contributed by atoms with van der Waals surface area (Å²) in [6.07, 6.45) is 0. The van der Waals surface area contributed by atoms with Crippen molar-refractivity contribution in [2.75, 3.05) is 0 Å². The topological polar surface area (TPSA) is 27.1 Å². The van der Waals surface area contributed by atoms with Crippen molar-refractivity contribution in [2.24, 2.45) is 0 Å². The van der Waals surface area contributed by atoms with Crippen LogP contribution in [0.15, 0.2) is 58.9 Å². The Labute approximate surface area is 157 Å². The SMILES string of the molecule is CC(Sc1nn(-c2ccccc2)c(=S)s1)c1ccc(OC(F)F)cc1. The van der Waals surface area contributed by atoms with Crippen LogP contribution in [0.25, 0.3) is 5.69 Å². The van der Waals surface area contributed by atoms with Gasteiger partial charge in [0.2, 0.25) is 0 Å². The minimum absolute atomic E-state index is 0.102. The van der Waals surface area contributed by atoms with Crippen LogP contribution in [-0.2, 0) is 0 Å². The minimum atomic E-state index is -2.81. The number of aromatic nitrogens is 2. The molecule has 2 aromatic carbocycles. The first-order valence-corrected chi connectivity index (χ1v) is 9.50. The zero-order valence-electron chi connectivity index (χ0n) is 13.1. The van der Waals surface area contributed by atoms with Crippen molar-refractivity contribution >= 4 is 35.3 Å². The first kappa shape index (κ1) is 18.0. The first-order valence-electron chi connectivity index (χ1n) is 7.40. The van der Waals surface area contributed by atoms with Gasteiger partial charge in [-0.15, -0.1) is 5.10 Å². The lowest BCUT2D eigenvalue weighted by Gasteiger charge is -2.10. The molecule has 0 fully saturated rings. The fraction of sp³-hybridized carbons (Fsp3) is 0.176. The van der Waals surface area contributed by atoms with Crippen molar-refractivity contribution in [1.82, 2.24) is 9.78 Å². The second kappa shape index (κ2) is 8.07. The normalized spacial score (nSPS) is 12.3. The number of nitrogens with zero attached hydrogens (tertiary/aromatic N) is 2. The molecule has 0 N–H and O–H groups in total. The summed E-state index contributed by atoms with van der Waals surface area (Å²) >= 11 is 8.43. The summed E-state index contributed by atoms with van der Waals surface area (Å²) in [5.41, 5.74) is 1.93. The van der Waals surface area contributed by atoms with Gasteiger partial charge >= 0.3 is 6.61 Å². The van der Waals surface area contributed by atoms with Gasteiger partial charge < -0.3 is 4.74 Å². The zero-order chi connectivity index (χ0) is 17.8. The number of alkyl halides is 2. The highest BCUT2D eigenvalue weighted by molar-refractivity contribution is 8.01. The van der Waals surface area contributed by atoms with E-state index >= 15 is 0 Å². The van der Waals surface area contributed by atoms with E-state index in [1.54, 1.807) is 40.7 Å². The lowest BCUT2D eigenvalue weighted by molar-refractivity contribution is -0.0498. The number of hydrogen-bond acceptors (Lipinski definition) is 5. The van der Waals surface area contributed by atoms with Crippen molar-refractivity contribution in [3.8, 4) is 11.4 Å². The fourth-order valence-corrected chi connectivity index (χ4v) is 4.81. The Morgan fingerprint density at radius 1 is 1.12 bits per heavy atom. The Hall–Kier alpha value is -1.77. The van der Waals surface area contributed by atoms with Crippen LogP contribution >= 0.6 is 35.3 Å². The van der Waals surface area contributed by atoms with E-state index in [1.165, 1.54) is 11.3 Å². The molecule has 1 atom stereocenters. The lowest BCUT2D eigenvalue weighted by atomic mass is 10.2. The molecule has 0 aliphatic carbocycles. The highest BCUT2D eigenvalue weighted by Crippen LogP contribution is 2.37. The lowest BCUT2D eigenvalue weighted by Crippen LogP contribution is -2.01. The molecule has 0 aliphatic heterocycles. The average Bonchev–Trinajstić information content (AvgIpc) is 2.96. The van der Waals surface area contributed by atoms with Crippen LogP contribution in [0.5, 0.6) is 5.75 Å². The third-order valence-electron chi connectivity index (χ3n) is 3.38. The zero-order valence-corrected chi connectivity index (χ0v) is 15.6. The Kier molecular flexibility index (Phi) is 5.82. The third kappa shape index (κ3) is 4.65. The first-order chi connectivity index (χ1) is 12.0. The van der Waals surface area contributed by atoms with E-state index in [2.05, 4.69) is 9.84 Å². The van der Waals surface area contributed by atoms with Gasteiger partial charge in [0.15, 0.2) is 8.29 Å². The molecule has 1 heterocycles. The van der Waals surface area contributed by atoms with Crippen LogP contribution in [0.1, 0.15) is 17.7 Å². The minimum Gasteiger partial charge on any atom is -0.435 e. The number of rotatable bonds is 6. The number of benzene rings is 2. The third-order valence-corrected chi connectivity index (χ3v) is 5.86. The number of para-hydroxylation sites is 1. The van der Waals surface area contributed by atoms with Crippen LogP contribution in [0.3, 0.4) is 0 Å². The van der Waals surface area contributed by atoms with E-state index in [4.69, 9.17) is 12.2 Å². The highest BCUT2D eigenvalue weighted by atomic mass is 32.2. The summed E-state index contributed by atoms with van der Waals surface area (Å²) in [7, 11) is 0. The van der Waals surface area contributed by atoms with Gasteiger partial charge in [0.1, 0.15) is 5.75 Å². The molecule has 3 nitrogen and oxygen atoms in total. The van der Waals surface area contributed by atoms with Gasteiger partial charge in [0.05, 0.1) is 5.69 Å². The average molecular weight is 397 g/mol. The molecule has 3 aromatic rings. The van der Waals surface area contributed by atoms with Crippen molar-refractivity contribution in [1.29, 1.82) is 0 Å². The van der Waals surface area contributed by atoms with E-state index in [9.17, 15) is 8.78 Å². The van der Waals surface area contributed by atoms with Crippen molar-refractivity contribution < 1.29 is 13.5 Å². The van der Waals surface area contributed by atoms with Gasteiger partial charge in [-0.2, -0.15) is 8.78 Å². The quantitative estimate of drug-likeness (QED) is 0.371. The molecular formula is C17H14F2N2OS3. The molecule has 1 unspecified atom stereocenters. The maximum atomic E-state index is 12.2. The molecule has 0 saturated heterocycles. The van der Waals surface area contributed by atoms with Crippen LogP contribution in [-0.4, -0.2) is 16.4 Å². The summed E-state index contributed by atoms with van der Waals surface area (Å²) in [5.74, 6) is 0.153. The van der Waals surface area contributed by atoms with Crippen molar-refractivity contribution in [3.05, 3.63) is 64.1 Å². The van der Waals surface area contributed by atoms with E-state index in [0.717, 1.165) is 15.6 Å². The molecule has 0 spiro atoms. The Morgan fingerprint density at radius 2 is 1.80 bits per heavy atom. The molecule has 0 saturated carbocycles. The summed E-state index contributed by atoms with van der Waals surface area (Å²) < 4.78 is 32.1. The van der Waals surface area contributed by atoms with Crippen molar-refractivity contribution in [2.45, 2.75) is 23.1 Å². The largest absolute Gasteiger partial charge is 0.435 e. The standard InChI is InChI=1S/C17H14F2N2OS3/c1-11(12-7-9-14(10-8-12)22-15(18)19)24-16-20-21(17(23)25-16)13-5-3-2-4-6-13/h2-11,15H,1H3. The second-order valence-electron chi connectivity index (χ2n) is 5.09. The van der Waals surface area contributed by atoms with Gasteiger partial charge in [-0.3, -0.25) is 0 Å². The summed E-state index contributed by atoms with van der Waals surface area (Å²) in [6.45, 7) is -0.780. The molecule has 130 valence electrons. The number of thioether (sulfide) groups is 1. The van der Waals surface area contributed by atoms with E-state index in [-0.39, 0.29) is 11.0 Å². The monoisotopic (exact) mass is 396 g/mol. The predicted octanol–water partition coefficient (Wildman–Crippen LogP) is 6.12. The predicted molar refractivity (Wildman–Crippen MR) is 99.6 cm³/mol. The molecule has 1 aromatic heterocycles. The number of ether oxygens (including phenoxy) is 1. The summed E-state index contributed by atoms with van der Waals surface area (Å²) in [6, 6.07) is 16.4. The van der Waals surface area contributed by atoms with Gasteiger partial charge in [-0.05, 0) is 49.0 Å². The fourth-order valence-electron chi connectivity index (χ4n) is 2.18. The molecule has 25 heavy (non-hydrogen) atoms. The molecule has 0 radical (unpaired) electrons. The molecule has 8 heteroatoms. The highest BCUT2D eigenvalue weighted by Gasteiger charge is 2.13. The number of halogens is 2. The molecule has 0 bridgehead atoms. The van der Waals surface area contributed by atoms with Crippen LogP contribution in [0.2, 0.25) is 0 Å². The van der Waals surface area contributed by atoms with Gasteiger partial charge in [0.25, 0.3) is 0 Å². The number of hydrogen-bond donors (Lipinski definition) is 0. The summed E-state index contributed by atoms with van der Waals surface area (Å²) in [5, 5.41) is 4.67. The Bertz CT molecular complexity index is 879. The molecule has 0 amide bonds. The maximum absolute atomic E-state index is 12.2. The Balaban J connectivity index is 1.73. The summed E-state index contributed by atoms with van der Waals surface area (Å²) in [4.78, 5) is 0. The van der Waals surface area contributed by atoms with Gasteiger partial charge in [-0.1, -0.05) is 53.4 Å². The molecule has 0 aliphatic rings. The van der Waals surface area contributed by atoms with Gasteiger partial charge in [-0.25, -0.2) is 4.68 Å². The molecular weight excluding hydrogens is 382 g/mol. The smallest absolute Gasteiger partial charge is 0.387 e. The van der Waals surface area contributed by atoms with Crippen LogP contribution in [0.4, 0.5) is 8.78 Å². The maximum Gasteiger partial charge on any atom is 0.387 e. The van der Waals surface area contributed by atoms with Gasteiger partial charge in [0, 0.05) is 5.25 Å².